The molecule has 0 fully saturated rings. The third-order valence-electron chi connectivity index (χ3n) is 3.41. The summed E-state index contributed by atoms with van der Waals surface area (Å²) in [6.07, 6.45) is 1.31. The zero-order chi connectivity index (χ0) is 14.7. The first-order chi connectivity index (χ1) is 10.2. The van der Waals surface area contributed by atoms with Crippen molar-refractivity contribution in [1.29, 1.82) is 0 Å². The van der Waals surface area contributed by atoms with Crippen LogP contribution in [0.25, 0.3) is 10.9 Å². The third-order valence-corrected chi connectivity index (χ3v) is 3.41. The van der Waals surface area contributed by atoms with Gasteiger partial charge in [-0.3, -0.25) is 4.98 Å². The van der Waals surface area contributed by atoms with Crippen LogP contribution in [0.5, 0.6) is 5.75 Å². The number of ether oxygens (including phenoxy) is 1. The van der Waals surface area contributed by atoms with Crippen LogP contribution in [-0.2, 0) is 6.61 Å². The standard InChI is InChI=1S/C18H17NO2/c1-13(20)15-4-2-6-17(11-15)21-12-14-7-8-18-16(10-14)5-3-9-19-18/h2-11,13,20H,12H2,1H3/t13-/m0/s1. The molecule has 1 N–H and O–H groups in total. The molecule has 0 spiro atoms. The summed E-state index contributed by atoms with van der Waals surface area (Å²) in [7, 11) is 0. The number of hydrogen-bond acceptors (Lipinski definition) is 3. The molecule has 0 unspecified atom stereocenters. The van der Waals surface area contributed by atoms with E-state index in [0.717, 1.165) is 27.8 Å². The Morgan fingerprint density at radius 3 is 2.86 bits per heavy atom. The predicted molar refractivity (Wildman–Crippen MR) is 83.2 cm³/mol. The van der Waals surface area contributed by atoms with Gasteiger partial charge in [-0.15, -0.1) is 0 Å². The smallest absolute Gasteiger partial charge is 0.120 e. The molecule has 3 rings (SSSR count). The molecular weight excluding hydrogens is 262 g/mol. The number of aliphatic hydroxyl groups excluding tert-OH is 1. The Morgan fingerprint density at radius 2 is 2.00 bits per heavy atom. The van der Waals surface area contributed by atoms with Gasteiger partial charge in [0.1, 0.15) is 12.4 Å². The average molecular weight is 279 g/mol. The van der Waals surface area contributed by atoms with E-state index >= 15 is 0 Å². The van der Waals surface area contributed by atoms with Crippen molar-refractivity contribution in [2.45, 2.75) is 19.6 Å². The van der Waals surface area contributed by atoms with Crippen LogP contribution in [0.4, 0.5) is 0 Å². The number of aromatic nitrogens is 1. The number of fused-ring (bicyclic) bond motifs is 1. The van der Waals surface area contributed by atoms with Gasteiger partial charge in [0.15, 0.2) is 0 Å². The highest BCUT2D eigenvalue weighted by Gasteiger charge is 2.03. The molecule has 0 bridgehead atoms. The summed E-state index contributed by atoms with van der Waals surface area (Å²) in [5, 5.41) is 10.7. The Bertz CT molecular complexity index is 753. The molecule has 3 heteroatoms. The van der Waals surface area contributed by atoms with E-state index in [2.05, 4.69) is 11.1 Å². The highest BCUT2D eigenvalue weighted by molar-refractivity contribution is 5.78. The normalized spacial score (nSPS) is 12.3. The van der Waals surface area contributed by atoms with E-state index < -0.39 is 6.10 Å². The van der Waals surface area contributed by atoms with Gasteiger partial charge < -0.3 is 9.84 Å². The van der Waals surface area contributed by atoms with Gasteiger partial charge in [-0.25, -0.2) is 0 Å². The van der Waals surface area contributed by atoms with Gasteiger partial charge in [-0.05, 0) is 48.4 Å². The van der Waals surface area contributed by atoms with Crippen LogP contribution in [0.15, 0.2) is 60.8 Å². The molecule has 1 heterocycles. The third kappa shape index (κ3) is 3.20. The van der Waals surface area contributed by atoms with E-state index in [9.17, 15) is 5.11 Å². The van der Waals surface area contributed by atoms with Crippen molar-refractivity contribution in [2.24, 2.45) is 0 Å². The summed E-state index contributed by atoms with van der Waals surface area (Å²) in [4.78, 5) is 4.30. The van der Waals surface area contributed by atoms with Gasteiger partial charge in [0.25, 0.3) is 0 Å². The maximum Gasteiger partial charge on any atom is 0.120 e. The summed E-state index contributed by atoms with van der Waals surface area (Å²) in [6.45, 7) is 2.24. The number of nitrogens with zero attached hydrogens (tertiary/aromatic N) is 1. The van der Waals surface area contributed by atoms with Crippen LogP contribution in [0, 0.1) is 0 Å². The fourth-order valence-corrected chi connectivity index (χ4v) is 2.25. The van der Waals surface area contributed by atoms with Gasteiger partial charge in [0, 0.05) is 11.6 Å². The largest absolute Gasteiger partial charge is 0.489 e. The molecule has 3 aromatic rings. The van der Waals surface area contributed by atoms with Crippen molar-refractivity contribution in [1.82, 2.24) is 4.98 Å². The molecule has 0 radical (unpaired) electrons. The first kappa shape index (κ1) is 13.6. The minimum atomic E-state index is -0.486. The predicted octanol–water partition coefficient (Wildman–Crippen LogP) is 3.87. The molecule has 106 valence electrons. The lowest BCUT2D eigenvalue weighted by Gasteiger charge is -2.10. The maximum atomic E-state index is 9.59. The molecule has 3 nitrogen and oxygen atoms in total. The monoisotopic (exact) mass is 279 g/mol. The van der Waals surface area contributed by atoms with E-state index in [-0.39, 0.29) is 0 Å². The number of rotatable bonds is 4. The molecule has 21 heavy (non-hydrogen) atoms. The molecule has 1 aromatic heterocycles. The second-order valence-electron chi connectivity index (χ2n) is 5.07. The second kappa shape index (κ2) is 5.94. The van der Waals surface area contributed by atoms with E-state index in [0.29, 0.717) is 6.61 Å². The van der Waals surface area contributed by atoms with Crippen molar-refractivity contribution < 1.29 is 9.84 Å². The molecule has 0 saturated carbocycles. The first-order valence-electron chi connectivity index (χ1n) is 6.97. The van der Waals surface area contributed by atoms with E-state index in [1.165, 1.54) is 0 Å². The molecule has 1 atom stereocenters. The van der Waals surface area contributed by atoms with Gasteiger partial charge in [-0.2, -0.15) is 0 Å². The van der Waals surface area contributed by atoms with Crippen molar-refractivity contribution in [3.8, 4) is 5.75 Å². The van der Waals surface area contributed by atoms with Crippen LogP contribution >= 0.6 is 0 Å². The SMILES string of the molecule is C[C@H](O)c1cccc(OCc2ccc3ncccc3c2)c1. The van der Waals surface area contributed by atoms with Gasteiger partial charge in [0.2, 0.25) is 0 Å². The molecule has 2 aromatic carbocycles. The zero-order valence-electron chi connectivity index (χ0n) is 11.9. The first-order valence-corrected chi connectivity index (χ1v) is 6.97. The highest BCUT2D eigenvalue weighted by Crippen LogP contribution is 2.20. The Hall–Kier alpha value is -2.39. The highest BCUT2D eigenvalue weighted by atomic mass is 16.5. The fraction of sp³-hybridized carbons (Fsp3) is 0.167. The van der Waals surface area contributed by atoms with Crippen LogP contribution in [-0.4, -0.2) is 10.1 Å². The molecular formula is C18H17NO2. The Kier molecular flexibility index (Phi) is 3.84. The van der Waals surface area contributed by atoms with Crippen LogP contribution in [0.1, 0.15) is 24.2 Å². The lowest BCUT2D eigenvalue weighted by atomic mass is 10.1. The fourth-order valence-electron chi connectivity index (χ4n) is 2.25. The number of benzene rings is 2. The minimum absolute atomic E-state index is 0.486. The molecule has 0 aliphatic rings. The summed E-state index contributed by atoms with van der Waals surface area (Å²) >= 11 is 0. The maximum absolute atomic E-state index is 9.59. The number of pyridine rings is 1. The van der Waals surface area contributed by atoms with E-state index in [1.54, 1.807) is 13.1 Å². The van der Waals surface area contributed by atoms with Crippen LogP contribution in [0.2, 0.25) is 0 Å². The summed E-state index contributed by atoms with van der Waals surface area (Å²) in [5.41, 5.74) is 2.94. The Balaban J connectivity index is 1.75. The van der Waals surface area contributed by atoms with Crippen molar-refractivity contribution in [2.75, 3.05) is 0 Å². The van der Waals surface area contributed by atoms with Gasteiger partial charge in [-0.1, -0.05) is 24.3 Å². The molecule has 0 aliphatic carbocycles. The molecule has 0 amide bonds. The van der Waals surface area contributed by atoms with Crippen molar-refractivity contribution >= 4 is 10.9 Å². The quantitative estimate of drug-likeness (QED) is 0.788. The lowest BCUT2D eigenvalue weighted by Crippen LogP contribution is -1.97. The topological polar surface area (TPSA) is 42.4 Å². The summed E-state index contributed by atoms with van der Waals surface area (Å²) in [6, 6.07) is 17.6. The minimum Gasteiger partial charge on any atom is -0.489 e. The second-order valence-corrected chi connectivity index (χ2v) is 5.07. The van der Waals surface area contributed by atoms with Crippen LogP contribution < -0.4 is 4.74 Å². The van der Waals surface area contributed by atoms with Crippen molar-refractivity contribution in [3.05, 3.63) is 71.9 Å². The zero-order valence-corrected chi connectivity index (χ0v) is 11.9. The number of aliphatic hydroxyl groups is 1. The molecule has 0 saturated heterocycles. The van der Waals surface area contributed by atoms with Crippen LogP contribution in [0.3, 0.4) is 0 Å². The number of hydrogen-bond donors (Lipinski definition) is 1. The average Bonchev–Trinajstić information content (AvgIpc) is 2.53. The van der Waals surface area contributed by atoms with E-state index in [4.69, 9.17) is 4.74 Å². The van der Waals surface area contributed by atoms with E-state index in [1.807, 2.05) is 48.5 Å². The molecule has 0 aliphatic heterocycles. The summed E-state index contributed by atoms with van der Waals surface area (Å²) in [5.74, 6) is 0.764. The van der Waals surface area contributed by atoms with Gasteiger partial charge in [0.05, 0.1) is 11.6 Å². The lowest BCUT2D eigenvalue weighted by molar-refractivity contribution is 0.198. The Morgan fingerprint density at radius 1 is 1.10 bits per heavy atom. The van der Waals surface area contributed by atoms with Crippen molar-refractivity contribution in [3.63, 3.8) is 0 Å². The summed E-state index contributed by atoms with van der Waals surface area (Å²) < 4.78 is 5.80. The van der Waals surface area contributed by atoms with Gasteiger partial charge >= 0.3 is 0 Å². The Labute approximate surface area is 123 Å².